The van der Waals surface area contributed by atoms with Crippen LogP contribution in [0.4, 0.5) is 11.6 Å². The first-order chi connectivity index (χ1) is 13.7. The minimum atomic E-state index is 0.263. The second kappa shape index (κ2) is 8.90. The number of piperazine rings is 1. The topological polar surface area (TPSA) is 52.6 Å². The van der Waals surface area contributed by atoms with E-state index in [0.29, 0.717) is 6.42 Å². The van der Waals surface area contributed by atoms with Gasteiger partial charge in [0.2, 0.25) is 5.91 Å². The number of piperidine rings is 1. The molecular formula is C21H29N5OS. The van der Waals surface area contributed by atoms with Gasteiger partial charge in [-0.05, 0) is 61.7 Å². The number of hydrogen-bond acceptors (Lipinski definition) is 6. The highest BCUT2D eigenvalue weighted by atomic mass is 32.1. The zero-order valence-corrected chi connectivity index (χ0v) is 17.5. The lowest BCUT2D eigenvalue weighted by atomic mass is 10.1. The van der Waals surface area contributed by atoms with Gasteiger partial charge in [-0.1, -0.05) is 0 Å². The van der Waals surface area contributed by atoms with E-state index < -0.39 is 0 Å². The van der Waals surface area contributed by atoms with Crippen LogP contribution in [-0.2, 0) is 11.2 Å². The molecule has 2 saturated heterocycles. The Morgan fingerprint density at radius 3 is 2.14 bits per heavy atom. The van der Waals surface area contributed by atoms with Gasteiger partial charge in [0.1, 0.15) is 0 Å². The predicted octanol–water partition coefficient (Wildman–Crippen LogP) is 3.12. The molecule has 2 aliphatic rings. The first-order valence-corrected chi connectivity index (χ1v) is 11.2. The Morgan fingerprint density at radius 2 is 1.57 bits per heavy atom. The smallest absolute Gasteiger partial charge is 0.223 e. The summed E-state index contributed by atoms with van der Waals surface area (Å²) in [6, 6.07) is 6.30. The molecule has 0 bridgehead atoms. The van der Waals surface area contributed by atoms with E-state index in [1.165, 1.54) is 29.7 Å². The number of aromatic nitrogens is 2. The molecule has 0 aliphatic carbocycles. The van der Waals surface area contributed by atoms with Gasteiger partial charge in [-0.2, -0.15) is 0 Å². The van der Waals surface area contributed by atoms with Crippen LogP contribution in [0.15, 0.2) is 23.6 Å². The Bertz CT molecular complexity index is 776. The Hall–Kier alpha value is -2.15. The Labute approximate surface area is 171 Å². The Morgan fingerprint density at radius 1 is 0.929 bits per heavy atom. The molecule has 0 saturated carbocycles. The third-order valence-electron chi connectivity index (χ3n) is 5.81. The molecule has 2 aromatic heterocycles. The van der Waals surface area contributed by atoms with Gasteiger partial charge >= 0.3 is 0 Å². The molecule has 0 spiro atoms. The molecule has 2 aliphatic heterocycles. The predicted molar refractivity (Wildman–Crippen MR) is 114 cm³/mol. The SMILES string of the molecule is Cc1ccsc1CCC(=O)N1CCN(c2ccc(N3CCCCC3)nn2)CC1. The number of rotatable bonds is 5. The first-order valence-electron chi connectivity index (χ1n) is 10.3. The van der Waals surface area contributed by atoms with Crippen LogP contribution >= 0.6 is 11.3 Å². The van der Waals surface area contributed by atoms with E-state index in [1.807, 2.05) is 4.90 Å². The highest BCUT2D eigenvalue weighted by Crippen LogP contribution is 2.21. The summed E-state index contributed by atoms with van der Waals surface area (Å²) in [7, 11) is 0. The number of carbonyl (C=O) groups is 1. The van der Waals surface area contributed by atoms with E-state index in [2.05, 4.69) is 50.5 Å². The molecule has 0 radical (unpaired) electrons. The van der Waals surface area contributed by atoms with Crippen LogP contribution < -0.4 is 9.80 Å². The summed E-state index contributed by atoms with van der Waals surface area (Å²) in [6.45, 7) is 7.45. The molecule has 0 N–H and O–H groups in total. The molecule has 2 aromatic rings. The lowest BCUT2D eigenvalue weighted by Crippen LogP contribution is -2.49. The molecule has 6 nitrogen and oxygen atoms in total. The van der Waals surface area contributed by atoms with E-state index in [4.69, 9.17) is 0 Å². The first kappa shape index (κ1) is 19.2. The highest BCUT2D eigenvalue weighted by Gasteiger charge is 2.22. The van der Waals surface area contributed by atoms with Crippen molar-refractivity contribution in [1.82, 2.24) is 15.1 Å². The van der Waals surface area contributed by atoms with Crippen molar-refractivity contribution in [3.8, 4) is 0 Å². The molecule has 0 unspecified atom stereocenters. The number of amides is 1. The van der Waals surface area contributed by atoms with Crippen LogP contribution in [0.25, 0.3) is 0 Å². The maximum atomic E-state index is 12.5. The average Bonchev–Trinajstić information content (AvgIpc) is 3.17. The normalized spacial score (nSPS) is 17.8. The molecule has 7 heteroatoms. The van der Waals surface area contributed by atoms with Crippen LogP contribution in [0.1, 0.15) is 36.1 Å². The maximum Gasteiger partial charge on any atom is 0.223 e. The third-order valence-corrected chi connectivity index (χ3v) is 6.89. The highest BCUT2D eigenvalue weighted by molar-refractivity contribution is 7.10. The molecule has 1 amide bonds. The van der Waals surface area contributed by atoms with Crippen LogP contribution in [-0.4, -0.2) is 60.3 Å². The summed E-state index contributed by atoms with van der Waals surface area (Å²) in [4.78, 5) is 20.4. The molecule has 28 heavy (non-hydrogen) atoms. The maximum absolute atomic E-state index is 12.5. The Kier molecular flexibility index (Phi) is 6.10. The van der Waals surface area contributed by atoms with E-state index in [9.17, 15) is 4.79 Å². The largest absolute Gasteiger partial charge is 0.355 e. The van der Waals surface area contributed by atoms with Crippen molar-refractivity contribution in [1.29, 1.82) is 0 Å². The van der Waals surface area contributed by atoms with E-state index >= 15 is 0 Å². The molecule has 150 valence electrons. The zero-order valence-electron chi connectivity index (χ0n) is 16.6. The summed E-state index contributed by atoms with van der Waals surface area (Å²) >= 11 is 1.75. The van der Waals surface area contributed by atoms with Gasteiger partial charge in [0.15, 0.2) is 11.6 Å². The summed E-state index contributed by atoms with van der Waals surface area (Å²) in [5, 5.41) is 11.0. The van der Waals surface area contributed by atoms with Crippen molar-refractivity contribution < 1.29 is 4.79 Å². The van der Waals surface area contributed by atoms with Crippen molar-refractivity contribution in [2.24, 2.45) is 0 Å². The fraction of sp³-hybridized carbons (Fsp3) is 0.571. The fourth-order valence-corrected chi connectivity index (χ4v) is 4.91. The summed E-state index contributed by atoms with van der Waals surface area (Å²) in [5.41, 5.74) is 1.30. The van der Waals surface area contributed by atoms with Crippen LogP contribution in [0.5, 0.6) is 0 Å². The van der Waals surface area contributed by atoms with E-state index in [-0.39, 0.29) is 5.91 Å². The van der Waals surface area contributed by atoms with Gasteiger partial charge in [0, 0.05) is 50.6 Å². The van der Waals surface area contributed by atoms with Gasteiger partial charge in [-0.25, -0.2) is 0 Å². The van der Waals surface area contributed by atoms with Crippen LogP contribution in [0, 0.1) is 6.92 Å². The zero-order chi connectivity index (χ0) is 19.3. The summed E-state index contributed by atoms with van der Waals surface area (Å²) < 4.78 is 0. The number of thiophene rings is 1. The summed E-state index contributed by atoms with van der Waals surface area (Å²) in [6.07, 6.45) is 5.26. The molecule has 4 rings (SSSR count). The van der Waals surface area contributed by atoms with E-state index in [1.54, 1.807) is 11.3 Å². The second-order valence-electron chi connectivity index (χ2n) is 7.69. The van der Waals surface area contributed by atoms with Crippen molar-refractivity contribution in [3.63, 3.8) is 0 Å². The van der Waals surface area contributed by atoms with Crippen LogP contribution in [0.3, 0.4) is 0 Å². The molecule has 4 heterocycles. The number of hydrogen-bond donors (Lipinski definition) is 0. The minimum Gasteiger partial charge on any atom is -0.355 e. The molecular weight excluding hydrogens is 370 g/mol. The van der Waals surface area contributed by atoms with Crippen LogP contribution in [0.2, 0.25) is 0 Å². The van der Waals surface area contributed by atoms with Crippen molar-refractivity contribution in [2.75, 3.05) is 49.1 Å². The number of anilines is 2. The lowest BCUT2D eigenvalue weighted by molar-refractivity contribution is -0.131. The van der Waals surface area contributed by atoms with Crippen molar-refractivity contribution >= 4 is 28.9 Å². The van der Waals surface area contributed by atoms with Gasteiger partial charge in [0.05, 0.1) is 0 Å². The van der Waals surface area contributed by atoms with Gasteiger partial charge < -0.3 is 14.7 Å². The number of aryl methyl sites for hydroxylation is 2. The quantitative estimate of drug-likeness (QED) is 0.773. The molecule has 0 aromatic carbocycles. The minimum absolute atomic E-state index is 0.263. The van der Waals surface area contributed by atoms with E-state index in [0.717, 1.165) is 57.3 Å². The molecule has 0 atom stereocenters. The van der Waals surface area contributed by atoms with Crippen molar-refractivity contribution in [3.05, 3.63) is 34.0 Å². The Balaban J connectivity index is 1.26. The molecule has 2 fully saturated rings. The summed E-state index contributed by atoms with van der Waals surface area (Å²) in [5.74, 6) is 2.17. The van der Waals surface area contributed by atoms with Crippen molar-refractivity contribution in [2.45, 2.75) is 39.0 Å². The van der Waals surface area contributed by atoms with Gasteiger partial charge in [-0.15, -0.1) is 21.5 Å². The van der Waals surface area contributed by atoms with Gasteiger partial charge in [0.25, 0.3) is 0 Å². The number of carbonyl (C=O) groups excluding carboxylic acids is 1. The van der Waals surface area contributed by atoms with Gasteiger partial charge in [-0.3, -0.25) is 4.79 Å². The third kappa shape index (κ3) is 4.46. The average molecular weight is 400 g/mol. The standard InChI is InChI=1S/C21H29N5OS/c1-17-9-16-28-18(17)5-8-21(27)26-14-12-25(13-15-26)20-7-6-19(22-23-20)24-10-3-2-4-11-24/h6-7,9,16H,2-5,8,10-15H2,1H3. The lowest BCUT2D eigenvalue weighted by Gasteiger charge is -2.35. The monoisotopic (exact) mass is 399 g/mol. The number of nitrogens with zero attached hydrogens (tertiary/aromatic N) is 5. The second-order valence-corrected chi connectivity index (χ2v) is 8.69. The fourth-order valence-electron chi connectivity index (χ4n) is 4.00.